The van der Waals surface area contributed by atoms with E-state index >= 15 is 0 Å². The fourth-order valence-electron chi connectivity index (χ4n) is 8.60. The predicted octanol–water partition coefficient (Wildman–Crippen LogP) is 13.5. The largest absolute Gasteiger partial charge is 0.294 e. The average Bonchev–Trinajstić information content (AvgIpc) is 3.56. The van der Waals surface area contributed by atoms with Crippen molar-refractivity contribution >= 4 is 60.5 Å². The Kier molecular flexibility index (Phi) is 6.55. The molecule has 246 valence electrons. The Balaban J connectivity index is 1.24. The molecule has 3 heteroatoms. The lowest BCUT2D eigenvalue weighted by molar-refractivity contribution is 1.22. The van der Waals surface area contributed by atoms with Gasteiger partial charge in [-0.15, -0.1) is 0 Å². The monoisotopic (exact) mass is 673 g/mol. The summed E-state index contributed by atoms with van der Waals surface area (Å²) in [6.45, 7) is 0. The molecule has 0 fully saturated rings. The normalized spacial score (nSPS) is 11.8. The van der Waals surface area contributed by atoms with Crippen molar-refractivity contribution in [1.29, 1.82) is 0 Å². The van der Waals surface area contributed by atoms with E-state index in [-0.39, 0.29) is 0 Å². The standard InChI is InChI=1S/C50H31N3/c1-4-14-32(15-5-1)44-37-21-10-11-22-38(37)45(33-16-6-2-7-17-33)48-41-28-29-42(39-23-12-24-40(46(39)41)47(44)48)53(36-19-8-3-9-20-36)43-30-27-35-26-25-34-18-13-31-51-49(34)50(35)52-43/h1-31H. The van der Waals surface area contributed by atoms with Crippen LogP contribution in [-0.4, -0.2) is 9.97 Å². The first-order valence-electron chi connectivity index (χ1n) is 18.1. The molecule has 3 nitrogen and oxygen atoms in total. The lowest BCUT2D eigenvalue weighted by atomic mass is 9.82. The molecule has 0 bridgehead atoms. The summed E-state index contributed by atoms with van der Waals surface area (Å²) in [5.74, 6) is 0.846. The summed E-state index contributed by atoms with van der Waals surface area (Å²) in [4.78, 5) is 12.4. The summed E-state index contributed by atoms with van der Waals surface area (Å²) < 4.78 is 0. The fourth-order valence-corrected chi connectivity index (χ4v) is 8.60. The number of hydrogen-bond acceptors (Lipinski definition) is 3. The minimum Gasteiger partial charge on any atom is -0.294 e. The minimum atomic E-state index is 0.846. The molecule has 0 saturated carbocycles. The maximum absolute atomic E-state index is 5.37. The van der Waals surface area contributed by atoms with E-state index in [1.165, 1.54) is 66.1 Å². The Morgan fingerprint density at radius 3 is 1.62 bits per heavy atom. The quantitative estimate of drug-likeness (QED) is 0.170. The fraction of sp³-hybridized carbons (Fsp3) is 0. The zero-order valence-electron chi connectivity index (χ0n) is 28.7. The van der Waals surface area contributed by atoms with Crippen molar-refractivity contribution in [1.82, 2.24) is 9.97 Å². The van der Waals surface area contributed by atoms with Gasteiger partial charge in [0.1, 0.15) is 5.82 Å². The lowest BCUT2D eigenvalue weighted by Crippen LogP contribution is -2.12. The van der Waals surface area contributed by atoms with Gasteiger partial charge in [-0.25, -0.2) is 4.98 Å². The molecular weight excluding hydrogens is 643 g/mol. The van der Waals surface area contributed by atoms with E-state index < -0.39 is 0 Å². The van der Waals surface area contributed by atoms with Crippen molar-refractivity contribution < 1.29 is 0 Å². The summed E-state index contributed by atoms with van der Waals surface area (Å²) in [7, 11) is 0. The molecule has 1 aliphatic carbocycles. The van der Waals surface area contributed by atoms with E-state index in [1.54, 1.807) is 0 Å². The van der Waals surface area contributed by atoms with Gasteiger partial charge in [-0.3, -0.25) is 9.88 Å². The number of rotatable bonds is 5. The van der Waals surface area contributed by atoms with Crippen LogP contribution >= 0.6 is 0 Å². The molecule has 0 amide bonds. The molecule has 0 radical (unpaired) electrons. The highest BCUT2D eigenvalue weighted by Gasteiger charge is 2.32. The molecule has 8 aromatic carbocycles. The van der Waals surface area contributed by atoms with Gasteiger partial charge < -0.3 is 0 Å². The van der Waals surface area contributed by atoms with Gasteiger partial charge in [0.15, 0.2) is 0 Å². The second kappa shape index (κ2) is 11.7. The molecular formula is C50H31N3. The second-order valence-electron chi connectivity index (χ2n) is 13.7. The molecule has 0 spiro atoms. The molecule has 0 atom stereocenters. The smallest absolute Gasteiger partial charge is 0.138 e. The summed E-state index contributed by atoms with van der Waals surface area (Å²) in [6, 6.07) is 65.4. The van der Waals surface area contributed by atoms with Gasteiger partial charge in [-0.05, 0) is 97.1 Å². The first kappa shape index (κ1) is 29.6. The number of benzene rings is 8. The zero-order chi connectivity index (χ0) is 34.9. The Bertz CT molecular complexity index is 2950. The lowest BCUT2D eigenvalue weighted by Gasteiger charge is -2.26. The van der Waals surface area contributed by atoms with Gasteiger partial charge in [0.05, 0.1) is 16.7 Å². The first-order valence-corrected chi connectivity index (χ1v) is 18.1. The third-order valence-corrected chi connectivity index (χ3v) is 10.8. The number of nitrogens with zero attached hydrogens (tertiary/aromatic N) is 3. The SMILES string of the molecule is c1ccc(-c2c3c(c(-c4ccccc4)c4ccccc24)-c2ccc(N(c4ccccc4)c4ccc5ccc6cccnc6c5n4)c4cccc-3c24)cc1. The summed E-state index contributed by atoms with van der Waals surface area (Å²) in [5, 5.41) is 7.10. The van der Waals surface area contributed by atoms with Gasteiger partial charge in [-0.2, -0.15) is 0 Å². The van der Waals surface area contributed by atoms with Crippen molar-refractivity contribution in [2.24, 2.45) is 0 Å². The predicted molar refractivity (Wildman–Crippen MR) is 222 cm³/mol. The van der Waals surface area contributed by atoms with Crippen LogP contribution in [0.4, 0.5) is 17.2 Å². The molecule has 2 aromatic heterocycles. The van der Waals surface area contributed by atoms with Crippen LogP contribution in [0.5, 0.6) is 0 Å². The molecule has 10 aromatic rings. The van der Waals surface area contributed by atoms with Crippen LogP contribution in [0.25, 0.3) is 87.9 Å². The van der Waals surface area contributed by atoms with Gasteiger partial charge >= 0.3 is 0 Å². The van der Waals surface area contributed by atoms with Crippen molar-refractivity contribution in [2.75, 3.05) is 4.90 Å². The van der Waals surface area contributed by atoms with E-state index in [1.807, 2.05) is 12.3 Å². The van der Waals surface area contributed by atoms with Crippen molar-refractivity contribution in [3.8, 4) is 44.5 Å². The van der Waals surface area contributed by atoms with E-state index in [0.717, 1.165) is 39.0 Å². The highest BCUT2D eigenvalue weighted by Crippen LogP contribution is 2.59. The van der Waals surface area contributed by atoms with Crippen molar-refractivity contribution in [3.63, 3.8) is 0 Å². The first-order chi connectivity index (χ1) is 26.3. The average molecular weight is 674 g/mol. The number of pyridine rings is 2. The van der Waals surface area contributed by atoms with E-state index in [0.29, 0.717) is 0 Å². The Morgan fingerprint density at radius 2 is 0.943 bits per heavy atom. The molecule has 0 saturated heterocycles. The number of fused-ring (bicyclic) bond motifs is 7. The molecule has 0 N–H and O–H groups in total. The molecule has 2 heterocycles. The third-order valence-electron chi connectivity index (χ3n) is 10.8. The second-order valence-corrected chi connectivity index (χ2v) is 13.7. The molecule has 11 rings (SSSR count). The van der Waals surface area contributed by atoms with E-state index in [4.69, 9.17) is 9.97 Å². The zero-order valence-corrected chi connectivity index (χ0v) is 28.7. The number of aromatic nitrogens is 2. The van der Waals surface area contributed by atoms with Gasteiger partial charge in [0.2, 0.25) is 0 Å². The number of para-hydroxylation sites is 1. The number of anilines is 3. The Morgan fingerprint density at radius 1 is 0.377 bits per heavy atom. The van der Waals surface area contributed by atoms with Crippen LogP contribution < -0.4 is 4.90 Å². The summed E-state index contributed by atoms with van der Waals surface area (Å²) in [6.07, 6.45) is 1.85. The van der Waals surface area contributed by atoms with Crippen LogP contribution in [0.15, 0.2) is 188 Å². The summed E-state index contributed by atoms with van der Waals surface area (Å²) >= 11 is 0. The Hall–Kier alpha value is -7.10. The molecule has 0 aliphatic heterocycles. The molecule has 53 heavy (non-hydrogen) atoms. The maximum Gasteiger partial charge on any atom is 0.138 e. The van der Waals surface area contributed by atoms with Crippen LogP contribution in [0.3, 0.4) is 0 Å². The highest BCUT2D eigenvalue weighted by molar-refractivity contribution is 6.29. The minimum absolute atomic E-state index is 0.846. The Labute approximate surface area is 307 Å². The van der Waals surface area contributed by atoms with E-state index in [2.05, 4.69) is 181 Å². The summed E-state index contributed by atoms with van der Waals surface area (Å²) in [5.41, 5.74) is 14.0. The van der Waals surface area contributed by atoms with Gasteiger partial charge in [-0.1, -0.05) is 146 Å². The number of hydrogen-bond donors (Lipinski definition) is 0. The van der Waals surface area contributed by atoms with Crippen LogP contribution in [0, 0.1) is 0 Å². The van der Waals surface area contributed by atoms with Gasteiger partial charge in [0.25, 0.3) is 0 Å². The molecule has 1 aliphatic rings. The van der Waals surface area contributed by atoms with Crippen molar-refractivity contribution in [3.05, 3.63) is 188 Å². The van der Waals surface area contributed by atoms with Crippen molar-refractivity contribution in [2.45, 2.75) is 0 Å². The topological polar surface area (TPSA) is 29.0 Å². The maximum atomic E-state index is 5.37. The highest BCUT2D eigenvalue weighted by atomic mass is 15.2. The van der Waals surface area contributed by atoms with Crippen LogP contribution in [0.1, 0.15) is 0 Å². The van der Waals surface area contributed by atoms with Crippen LogP contribution in [-0.2, 0) is 0 Å². The third kappa shape index (κ3) is 4.47. The van der Waals surface area contributed by atoms with E-state index in [9.17, 15) is 0 Å². The van der Waals surface area contributed by atoms with Gasteiger partial charge in [0, 0.05) is 28.0 Å². The molecule has 0 unspecified atom stereocenters. The van der Waals surface area contributed by atoms with Crippen LogP contribution in [0.2, 0.25) is 0 Å².